The zero-order valence-electron chi connectivity index (χ0n) is 14.0. The highest BCUT2D eigenvalue weighted by atomic mass is 15.2. The van der Waals surface area contributed by atoms with Crippen molar-refractivity contribution in [2.45, 2.75) is 78.7 Å². The van der Waals surface area contributed by atoms with Gasteiger partial charge >= 0.3 is 0 Å². The van der Waals surface area contributed by atoms with Gasteiger partial charge in [0.05, 0.1) is 12.0 Å². The molecule has 2 rings (SSSR count). The standard InChI is InChI=1S/C17H31N3/c1-16(2,3)13-9-7-12(8-10-13)14-15(18)20(11-19-14)17(4,5)6/h11-13H,7-10,18H2,1-6H3. The summed E-state index contributed by atoms with van der Waals surface area (Å²) >= 11 is 0. The van der Waals surface area contributed by atoms with E-state index in [2.05, 4.69) is 51.1 Å². The average molecular weight is 277 g/mol. The molecule has 0 atom stereocenters. The molecule has 1 fully saturated rings. The molecule has 1 heterocycles. The summed E-state index contributed by atoms with van der Waals surface area (Å²) < 4.78 is 2.11. The third-order valence-electron chi connectivity index (χ3n) is 4.90. The van der Waals surface area contributed by atoms with Gasteiger partial charge in [0.2, 0.25) is 0 Å². The zero-order chi connectivity index (χ0) is 15.1. The van der Waals surface area contributed by atoms with Gasteiger partial charge in [-0.15, -0.1) is 0 Å². The first kappa shape index (κ1) is 15.4. The van der Waals surface area contributed by atoms with Crippen LogP contribution in [0.15, 0.2) is 6.33 Å². The maximum Gasteiger partial charge on any atom is 0.127 e. The van der Waals surface area contributed by atoms with Gasteiger partial charge in [-0.3, -0.25) is 0 Å². The third kappa shape index (κ3) is 3.02. The molecule has 0 amide bonds. The number of anilines is 1. The Balaban J connectivity index is 2.10. The van der Waals surface area contributed by atoms with E-state index in [4.69, 9.17) is 5.73 Å². The zero-order valence-corrected chi connectivity index (χ0v) is 14.0. The van der Waals surface area contributed by atoms with Gasteiger partial charge in [0.15, 0.2) is 0 Å². The highest BCUT2D eigenvalue weighted by molar-refractivity contribution is 5.39. The molecule has 20 heavy (non-hydrogen) atoms. The fourth-order valence-corrected chi connectivity index (χ4v) is 3.45. The van der Waals surface area contributed by atoms with E-state index in [1.807, 2.05) is 6.33 Å². The number of nitrogens with zero attached hydrogens (tertiary/aromatic N) is 2. The minimum atomic E-state index is 0.0119. The smallest absolute Gasteiger partial charge is 0.127 e. The first-order valence-electron chi connectivity index (χ1n) is 7.94. The van der Waals surface area contributed by atoms with Crippen molar-refractivity contribution in [1.82, 2.24) is 9.55 Å². The summed E-state index contributed by atoms with van der Waals surface area (Å²) in [6.45, 7) is 13.6. The number of nitrogens with two attached hydrogens (primary N) is 1. The fourth-order valence-electron chi connectivity index (χ4n) is 3.45. The Morgan fingerprint density at radius 2 is 1.60 bits per heavy atom. The maximum absolute atomic E-state index is 6.34. The molecule has 0 aliphatic heterocycles. The Labute approximate surface area is 124 Å². The molecule has 1 saturated carbocycles. The second-order valence-electron chi connectivity index (χ2n) is 8.47. The predicted molar refractivity (Wildman–Crippen MR) is 85.8 cm³/mol. The lowest BCUT2D eigenvalue weighted by Crippen LogP contribution is -2.26. The number of hydrogen-bond donors (Lipinski definition) is 1. The maximum atomic E-state index is 6.34. The molecule has 3 nitrogen and oxygen atoms in total. The van der Waals surface area contributed by atoms with E-state index in [-0.39, 0.29) is 5.54 Å². The minimum Gasteiger partial charge on any atom is -0.384 e. The van der Waals surface area contributed by atoms with Crippen molar-refractivity contribution in [3.05, 3.63) is 12.0 Å². The van der Waals surface area contributed by atoms with Crippen molar-refractivity contribution in [1.29, 1.82) is 0 Å². The summed E-state index contributed by atoms with van der Waals surface area (Å²) in [6, 6.07) is 0. The average Bonchev–Trinajstić information content (AvgIpc) is 2.70. The minimum absolute atomic E-state index is 0.0119. The van der Waals surface area contributed by atoms with Crippen molar-refractivity contribution in [3.8, 4) is 0 Å². The quantitative estimate of drug-likeness (QED) is 0.819. The van der Waals surface area contributed by atoms with E-state index in [1.54, 1.807) is 0 Å². The van der Waals surface area contributed by atoms with Gasteiger partial charge in [-0.25, -0.2) is 4.98 Å². The fraction of sp³-hybridized carbons (Fsp3) is 0.824. The number of rotatable bonds is 1. The topological polar surface area (TPSA) is 43.8 Å². The van der Waals surface area contributed by atoms with Crippen LogP contribution in [0, 0.1) is 11.3 Å². The molecule has 0 aromatic carbocycles. The van der Waals surface area contributed by atoms with E-state index < -0.39 is 0 Å². The van der Waals surface area contributed by atoms with Crippen LogP contribution in [0.3, 0.4) is 0 Å². The van der Waals surface area contributed by atoms with E-state index in [0.29, 0.717) is 11.3 Å². The van der Waals surface area contributed by atoms with E-state index in [0.717, 1.165) is 17.4 Å². The van der Waals surface area contributed by atoms with Gasteiger partial charge in [0.1, 0.15) is 5.82 Å². The normalized spacial score (nSPS) is 24.9. The molecule has 0 unspecified atom stereocenters. The predicted octanol–water partition coefficient (Wildman–Crippen LogP) is 4.54. The van der Waals surface area contributed by atoms with Crippen LogP contribution in [0.25, 0.3) is 0 Å². The molecule has 0 spiro atoms. The molecule has 0 saturated heterocycles. The van der Waals surface area contributed by atoms with Crippen molar-refractivity contribution >= 4 is 5.82 Å². The lowest BCUT2D eigenvalue weighted by atomic mass is 9.69. The van der Waals surface area contributed by atoms with Crippen molar-refractivity contribution in [2.24, 2.45) is 11.3 Å². The summed E-state index contributed by atoms with van der Waals surface area (Å²) in [7, 11) is 0. The van der Waals surface area contributed by atoms with Gasteiger partial charge < -0.3 is 10.3 Å². The highest BCUT2D eigenvalue weighted by Crippen LogP contribution is 2.44. The first-order valence-corrected chi connectivity index (χ1v) is 7.94. The van der Waals surface area contributed by atoms with Crippen LogP contribution in [0.5, 0.6) is 0 Å². The Morgan fingerprint density at radius 1 is 1.05 bits per heavy atom. The highest BCUT2D eigenvalue weighted by Gasteiger charge is 2.32. The molecule has 3 heteroatoms. The van der Waals surface area contributed by atoms with Gasteiger partial charge in [-0.1, -0.05) is 20.8 Å². The Hall–Kier alpha value is -0.990. The molecule has 1 aliphatic carbocycles. The molecule has 114 valence electrons. The van der Waals surface area contributed by atoms with Crippen LogP contribution in [0.4, 0.5) is 5.82 Å². The molecular weight excluding hydrogens is 246 g/mol. The Kier molecular flexibility index (Phi) is 3.92. The molecule has 1 aromatic heterocycles. The van der Waals surface area contributed by atoms with Crippen molar-refractivity contribution < 1.29 is 0 Å². The van der Waals surface area contributed by atoms with E-state index in [1.165, 1.54) is 25.7 Å². The largest absolute Gasteiger partial charge is 0.384 e. The van der Waals surface area contributed by atoms with Gasteiger partial charge in [-0.05, 0) is 57.8 Å². The van der Waals surface area contributed by atoms with Crippen LogP contribution >= 0.6 is 0 Å². The Bertz CT molecular complexity index is 452. The summed E-state index contributed by atoms with van der Waals surface area (Å²) in [4.78, 5) is 4.63. The SMILES string of the molecule is CC(C)(C)C1CCC(c2ncn(C(C)(C)C)c2N)CC1. The number of nitrogen functional groups attached to an aromatic ring is 1. The van der Waals surface area contributed by atoms with E-state index >= 15 is 0 Å². The van der Waals surface area contributed by atoms with E-state index in [9.17, 15) is 0 Å². The molecule has 1 aromatic rings. The van der Waals surface area contributed by atoms with Crippen LogP contribution in [-0.4, -0.2) is 9.55 Å². The lowest BCUT2D eigenvalue weighted by Gasteiger charge is -2.36. The van der Waals surface area contributed by atoms with Gasteiger partial charge in [0.25, 0.3) is 0 Å². The number of aromatic nitrogens is 2. The van der Waals surface area contributed by atoms with Crippen LogP contribution in [0.1, 0.15) is 78.8 Å². The van der Waals surface area contributed by atoms with Gasteiger partial charge in [-0.2, -0.15) is 0 Å². The first-order chi connectivity index (χ1) is 9.10. The monoisotopic (exact) mass is 277 g/mol. The molecule has 2 N–H and O–H groups in total. The number of hydrogen-bond acceptors (Lipinski definition) is 2. The molecule has 0 bridgehead atoms. The summed E-state index contributed by atoms with van der Waals surface area (Å²) in [6.07, 6.45) is 6.98. The lowest BCUT2D eigenvalue weighted by molar-refractivity contribution is 0.168. The molecule has 0 radical (unpaired) electrons. The third-order valence-corrected chi connectivity index (χ3v) is 4.90. The summed E-state index contributed by atoms with van der Waals surface area (Å²) in [5, 5.41) is 0. The van der Waals surface area contributed by atoms with Crippen LogP contribution in [0.2, 0.25) is 0 Å². The van der Waals surface area contributed by atoms with Crippen LogP contribution < -0.4 is 5.73 Å². The summed E-state index contributed by atoms with van der Waals surface area (Å²) in [5.41, 5.74) is 7.92. The van der Waals surface area contributed by atoms with Crippen LogP contribution in [-0.2, 0) is 5.54 Å². The number of imidazole rings is 1. The second kappa shape index (κ2) is 5.09. The van der Waals surface area contributed by atoms with Gasteiger partial charge in [0, 0.05) is 11.5 Å². The molecule has 1 aliphatic rings. The Morgan fingerprint density at radius 3 is 2.00 bits per heavy atom. The van der Waals surface area contributed by atoms with Crippen molar-refractivity contribution in [2.75, 3.05) is 5.73 Å². The summed E-state index contributed by atoms with van der Waals surface area (Å²) in [5.74, 6) is 2.26. The molecular formula is C17H31N3. The van der Waals surface area contributed by atoms with Crippen molar-refractivity contribution in [3.63, 3.8) is 0 Å². The second-order valence-corrected chi connectivity index (χ2v) is 8.47.